The van der Waals surface area contributed by atoms with Crippen molar-refractivity contribution >= 4 is 24.9 Å². The van der Waals surface area contributed by atoms with Crippen molar-refractivity contribution in [3.63, 3.8) is 0 Å². The van der Waals surface area contributed by atoms with E-state index in [1.165, 1.54) is 30.3 Å². The number of para-hydroxylation sites is 1. The lowest BCUT2D eigenvalue weighted by Crippen LogP contribution is -2.32. The van der Waals surface area contributed by atoms with Gasteiger partial charge in [-0.05, 0) is 31.4 Å². The van der Waals surface area contributed by atoms with Crippen molar-refractivity contribution in [1.82, 2.24) is 0 Å². The molecule has 27 heavy (non-hydrogen) atoms. The number of benzene rings is 2. The van der Waals surface area contributed by atoms with Crippen molar-refractivity contribution in [1.29, 1.82) is 0 Å². The lowest BCUT2D eigenvalue weighted by atomic mass is 10.1. The summed E-state index contributed by atoms with van der Waals surface area (Å²) in [4.78, 5) is 2.50. The van der Waals surface area contributed by atoms with Gasteiger partial charge in [0.05, 0.1) is 14.2 Å². The van der Waals surface area contributed by atoms with Crippen molar-refractivity contribution in [2.75, 3.05) is 46.1 Å². The number of methoxy groups -OCH3 is 3. The first-order valence-corrected chi connectivity index (χ1v) is 10.3. The minimum Gasteiger partial charge on any atom is -0.497 e. The maximum absolute atomic E-state index is 5.86. The predicted octanol–water partition coefficient (Wildman–Crippen LogP) is 3.31. The van der Waals surface area contributed by atoms with Crippen molar-refractivity contribution in [3.8, 4) is 17.2 Å². The summed E-state index contributed by atoms with van der Waals surface area (Å²) >= 11 is 0. The quantitative estimate of drug-likeness (QED) is 0.512. The molecule has 0 aromatic heterocycles. The lowest BCUT2D eigenvalue weighted by Gasteiger charge is -2.30. The van der Waals surface area contributed by atoms with Gasteiger partial charge >= 0.3 is 0 Å². The molecule has 0 spiro atoms. The molecule has 5 nitrogen and oxygen atoms in total. The largest absolute Gasteiger partial charge is 0.497 e. The van der Waals surface area contributed by atoms with Gasteiger partial charge in [-0.15, -0.1) is 0 Å². The molecule has 146 valence electrons. The molecular formula is C21H28NO4P. The monoisotopic (exact) mass is 389 g/mol. The highest BCUT2D eigenvalue weighted by atomic mass is 31.1. The van der Waals surface area contributed by atoms with Crippen molar-refractivity contribution in [2.24, 2.45) is 0 Å². The molecule has 6 heteroatoms. The zero-order chi connectivity index (χ0) is 19.1. The molecule has 3 rings (SSSR count). The summed E-state index contributed by atoms with van der Waals surface area (Å²) in [7, 11) is 5.35. The normalized spacial score (nSPS) is 14.6. The molecule has 1 aliphatic rings. The van der Waals surface area contributed by atoms with Crippen LogP contribution in [0.1, 0.15) is 19.3 Å². The number of ether oxygens (including phenoxy) is 4. The predicted molar refractivity (Wildman–Crippen MR) is 112 cm³/mol. The van der Waals surface area contributed by atoms with Gasteiger partial charge in [-0.2, -0.15) is 0 Å². The molecule has 1 heterocycles. The standard InChI is InChI=1S/C21H28NO4P/c1-23-15-26-21-18(25-3)13-16(24-2)14-20(21)27-19-10-6-5-9-17(19)22-11-7-4-8-12-22/h5-6,9-10,13-14,27H,4,7-8,11-12,15H2,1-3H3. The Morgan fingerprint density at radius 2 is 1.70 bits per heavy atom. The number of hydrogen-bond acceptors (Lipinski definition) is 5. The number of nitrogens with zero attached hydrogens (tertiary/aromatic N) is 1. The molecule has 2 aromatic carbocycles. The van der Waals surface area contributed by atoms with Gasteiger partial charge in [-0.1, -0.05) is 26.8 Å². The van der Waals surface area contributed by atoms with Crippen LogP contribution in [0, 0.1) is 0 Å². The van der Waals surface area contributed by atoms with E-state index in [4.69, 9.17) is 18.9 Å². The number of anilines is 1. The average Bonchev–Trinajstić information content (AvgIpc) is 2.73. The van der Waals surface area contributed by atoms with Crippen molar-refractivity contribution in [3.05, 3.63) is 36.4 Å². The summed E-state index contributed by atoms with van der Waals surface area (Å²) in [6.07, 6.45) is 3.84. The smallest absolute Gasteiger partial charge is 0.188 e. The maximum atomic E-state index is 5.86. The molecule has 0 aliphatic carbocycles. The molecule has 1 aliphatic heterocycles. The van der Waals surface area contributed by atoms with Crippen LogP contribution in [0.3, 0.4) is 0 Å². The van der Waals surface area contributed by atoms with E-state index in [-0.39, 0.29) is 6.79 Å². The Morgan fingerprint density at radius 1 is 0.926 bits per heavy atom. The molecule has 1 unspecified atom stereocenters. The molecule has 0 N–H and O–H groups in total. The maximum Gasteiger partial charge on any atom is 0.188 e. The van der Waals surface area contributed by atoms with E-state index in [1.807, 2.05) is 12.1 Å². The Hall–Kier alpha value is -1.97. The lowest BCUT2D eigenvalue weighted by molar-refractivity contribution is 0.0499. The average molecular weight is 389 g/mol. The fourth-order valence-corrected chi connectivity index (χ4v) is 4.70. The van der Waals surface area contributed by atoms with E-state index >= 15 is 0 Å². The molecule has 1 fully saturated rings. The Balaban J connectivity index is 1.97. The van der Waals surface area contributed by atoms with Crippen LogP contribution in [0.15, 0.2) is 36.4 Å². The molecule has 0 radical (unpaired) electrons. The highest BCUT2D eigenvalue weighted by molar-refractivity contribution is 7.56. The van der Waals surface area contributed by atoms with Crippen molar-refractivity contribution in [2.45, 2.75) is 19.3 Å². The van der Waals surface area contributed by atoms with Gasteiger partial charge < -0.3 is 23.8 Å². The fourth-order valence-electron chi connectivity index (χ4n) is 3.34. The SMILES string of the molecule is COCOc1c(OC)cc(OC)cc1Pc1ccccc1N1CCCCC1. The molecule has 0 saturated carbocycles. The van der Waals surface area contributed by atoms with Gasteiger partial charge in [0.2, 0.25) is 0 Å². The number of hydrogen-bond donors (Lipinski definition) is 0. The molecule has 2 aromatic rings. The van der Waals surface area contributed by atoms with Gasteiger partial charge in [-0.3, -0.25) is 0 Å². The van der Waals surface area contributed by atoms with Gasteiger partial charge in [0.1, 0.15) is 5.75 Å². The summed E-state index contributed by atoms with van der Waals surface area (Å²) in [6.45, 7) is 2.42. The van der Waals surface area contributed by atoms with Gasteiger partial charge in [0.25, 0.3) is 0 Å². The minimum absolute atomic E-state index is 0.175. The second-order valence-corrected chi connectivity index (χ2v) is 7.77. The summed E-state index contributed by atoms with van der Waals surface area (Å²) < 4.78 is 22.0. The first-order chi connectivity index (χ1) is 13.3. The fraction of sp³-hybridized carbons (Fsp3) is 0.429. The highest BCUT2D eigenvalue weighted by Crippen LogP contribution is 2.35. The van der Waals surface area contributed by atoms with E-state index < -0.39 is 0 Å². The van der Waals surface area contributed by atoms with Crippen LogP contribution in [0.25, 0.3) is 0 Å². The molecular weight excluding hydrogens is 361 g/mol. The van der Waals surface area contributed by atoms with Crippen LogP contribution >= 0.6 is 8.58 Å². The van der Waals surface area contributed by atoms with Crippen LogP contribution in [-0.2, 0) is 4.74 Å². The molecule has 0 bridgehead atoms. The van der Waals surface area contributed by atoms with E-state index in [0.717, 1.165) is 24.1 Å². The van der Waals surface area contributed by atoms with Gasteiger partial charge in [0, 0.05) is 42.6 Å². The van der Waals surface area contributed by atoms with Crippen LogP contribution in [0.2, 0.25) is 0 Å². The number of piperidine rings is 1. The second kappa shape index (κ2) is 9.82. The Morgan fingerprint density at radius 3 is 2.41 bits per heavy atom. The van der Waals surface area contributed by atoms with E-state index in [2.05, 4.69) is 29.2 Å². The van der Waals surface area contributed by atoms with Crippen LogP contribution in [0.4, 0.5) is 5.69 Å². The zero-order valence-electron chi connectivity index (χ0n) is 16.3. The Kier molecular flexibility index (Phi) is 7.19. The number of rotatable bonds is 8. The Bertz CT molecular complexity index is 747. The Labute approximate surface area is 163 Å². The first kappa shape index (κ1) is 19.8. The van der Waals surface area contributed by atoms with E-state index in [1.54, 1.807) is 21.3 Å². The van der Waals surface area contributed by atoms with Crippen LogP contribution in [0.5, 0.6) is 17.2 Å². The molecule has 0 amide bonds. The van der Waals surface area contributed by atoms with Gasteiger partial charge in [0.15, 0.2) is 18.3 Å². The van der Waals surface area contributed by atoms with Crippen molar-refractivity contribution < 1.29 is 18.9 Å². The van der Waals surface area contributed by atoms with Crippen LogP contribution < -0.4 is 29.7 Å². The first-order valence-electron chi connectivity index (χ1n) is 9.25. The molecule has 1 saturated heterocycles. The third-order valence-electron chi connectivity index (χ3n) is 4.68. The second-order valence-electron chi connectivity index (χ2n) is 6.45. The highest BCUT2D eigenvalue weighted by Gasteiger charge is 2.18. The third kappa shape index (κ3) is 4.85. The zero-order valence-corrected chi connectivity index (χ0v) is 17.3. The van der Waals surface area contributed by atoms with E-state index in [9.17, 15) is 0 Å². The minimum atomic E-state index is 0.175. The summed E-state index contributed by atoms with van der Waals surface area (Å²) in [5, 5.41) is 2.35. The van der Waals surface area contributed by atoms with Crippen LogP contribution in [-0.4, -0.2) is 41.2 Å². The topological polar surface area (TPSA) is 40.2 Å². The van der Waals surface area contributed by atoms with E-state index in [0.29, 0.717) is 20.1 Å². The van der Waals surface area contributed by atoms with Gasteiger partial charge in [-0.25, -0.2) is 0 Å². The summed E-state index contributed by atoms with van der Waals surface area (Å²) in [5.74, 6) is 2.13. The summed E-state index contributed by atoms with van der Waals surface area (Å²) in [5.41, 5.74) is 1.31. The third-order valence-corrected chi connectivity index (χ3v) is 6.01. The summed E-state index contributed by atoms with van der Waals surface area (Å²) in [6, 6.07) is 12.5. The molecule has 1 atom stereocenters.